The second kappa shape index (κ2) is 8.82. The lowest BCUT2D eigenvalue weighted by atomic mass is 10.2. The first-order valence-electron chi connectivity index (χ1n) is 10.2. The van der Waals surface area contributed by atoms with E-state index in [4.69, 9.17) is 4.98 Å². The van der Waals surface area contributed by atoms with Crippen LogP contribution in [0.5, 0.6) is 0 Å². The van der Waals surface area contributed by atoms with Crippen molar-refractivity contribution in [3.05, 3.63) is 29.6 Å². The number of aromatic nitrogens is 2. The molecule has 8 heteroatoms. The SMILES string of the molecule is CC[C@@H](C)NC(=O)N1CCN(Cc2nc3cc(C(=O)N(C)C)ccc3n2C)CC1. The molecular weight excluding hydrogens is 368 g/mol. The van der Waals surface area contributed by atoms with E-state index in [9.17, 15) is 9.59 Å². The Morgan fingerprint density at radius 3 is 2.52 bits per heavy atom. The maximum absolute atomic E-state index is 12.3. The number of imidazole rings is 1. The Morgan fingerprint density at radius 2 is 1.90 bits per heavy atom. The highest BCUT2D eigenvalue weighted by molar-refractivity contribution is 5.97. The first kappa shape index (κ1) is 21.1. The summed E-state index contributed by atoms with van der Waals surface area (Å²) in [7, 11) is 5.51. The lowest BCUT2D eigenvalue weighted by Gasteiger charge is -2.35. The highest BCUT2D eigenvalue weighted by Gasteiger charge is 2.23. The third-order valence-corrected chi connectivity index (χ3v) is 5.63. The monoisotopic (exact) mass is 400 g/mol. The number of rotatable bonds is 5. The van der Waals surface area contributed by atoms with Gasteiger partial charge in [0.1, 0.15) is 5.82 Å². The molecule has 2 aromatic rings. The largest absolute Gasteiger partial charge is 0.345 e. The van der Waals surface area contributed by atoms with Crippen LogP contribution in [0.4, 0.5) is 4.79 Å². The van der Waals surface area contributed by atoms with Crippen molar-refractivity contribution in [2.24, 2.45) is 7.05 Å². The van der Waals surface area contributed by atoms with E-state index in [0.717, 1.165) is 42.9 Å². The topological polar surface area (TPSA) is 73.7 Å². The molecule has 1 aromatic carbocycles. The highest BCUT2D eigenvalue weighted by atomic mass is 16.2. The molecule has 1 aliphatic rings. The van der Waals surface area contributed by atoms with Crippen LogP contribution in [-0.4, -0.2) is 82.5 Å². The molecule has 3 rings (SSSR count). The number of fused-ring (bicyclic) bond motifs is 1. The first-order chi connectivity index (χ1) is 13.8. The second-order valence-electron chi connectivity index (χ2n) is 8.01. The Kier molecular flexibility index (Phi) is 6.42. The van der Waals surface area contributed by atoms with Gasteiger partial charge in [-0.2, -0.15) is 0 Å². The van der Waals surface area contributed by atoms with Crippen molar-refractivity contribution in [1.82, 2.24) is 29.6 Å². The van der Waals surface area contributed by atoms with Crippen molar-refractivity contribution in [3.63, 3.8) is 0 Å². The molecule has 1 saturated heterocycles. The Bertz CT molecular complexity index is 883. The molecule has 1 N–H and O–H groups in total. The van der Waals surface area contributed by atoms with Crippen LogP contribution in [0.1, 0.15) is 36.5 Å². The van der Waals surface area contributed by atoms with Crippen LogP contribution in [0, 0.1) is 0 Å². The quantitative estimate of drug-likeness (QED) is 0.832. The number of carbonyl (C=O) groups is 2. The fraction of sp³-hybridized carbons (Fsp3) is 0.571. The van der Waals surface area contributed by atoms with Gasteiger partial charge in [0.05, 0.1) is 17.6 Å². The minimum Gasteiger partial charge on any atom is -0.345 e. The summed E-state index contributed by atoms with van der Waals surface area (Å²) in [6.07, 6.45) is 0.931. The Morgan fingerprint density at radius 1 is 1.21 bits per heavy atom. The van der Waals surface area contributed by atoms with E-state index in [1.54, 1.807) is 19.0 Å². The summed E-state index contributed by atoms with van der Waals surface area (Å²) < 4.78 is 2.08. The van der Waals surface area contributed by atoms with Crippen molar-refractivity contribution in [2.45, 2.75) is 32.9 Å². The zero-order chi connectivity index (χ0) is 21.1. The van der Waals surface area contributed by atoms with Gasteiger partial charge in [-0.1, -0.05) is 6.92 Å². The van der Waals surface area contributed by atoms with Crippen LogP contribution in [0.3, 0.4) is 0 Å². The molecule has 1 fully saturated rings. The standard InChI is InChI=1S/C21H32N6O2/c1-6-15(2)22-21(29)27-11-9-26(10-12-27)14-19-23-17-13-16(20(28)24(3)4)7-8-18(17)25(19)5/h7-8,13,15H,6,9-12,14H2,1-5H3,(H,22,29)/t15-/m1/s1. The smallest absolute Gasteiger partial charge is 0.317 e. The second-order valence-corrected chi connectivity index (χ2v) is 8.01. The van der Waals surface area contributed by atoms with Gasteiger partial charge in [-0.05, 0) is 31.5 Å². The zero-order valence-electron chi connectivity index (χ0n) is 18.1. The molecule has 0 saturated carbocycles. The van der Waals surface area contributed by atoms with Crippen LogP contribution in [0.15, 0.2) is 18.2 Å². The molecular formula is C21H32N6O2. The van der Waals surface area contributed by atoms with E-state index in [0.29, 0.717) is 18.7 Å². The number of carbonyl (C=O) groups excluding carboxylic acids is 2. The summed E-state index contributed by atoms with van der Waals surface area (Å²) in [4.78, 5) is 35.0. The number of aryl methyl sites for hydroxylation is 1. The van der Waals surface area contributed by atoms with E-state index in [1.807, 2.05) is 37.1 Å². The van der Waals surface area contributed by atoms with Gasteiger partial charge in [-0.15, -0.1) is 0 Å². The minimum absolute atomic E-state index is 0.0223. The summed E-state index contributed by atoms with van der Waals surface area (Å²) in [6.45, 7) is 7.89. The van der Waals surface area contributed by atoms with Crippen molar-refractivity contribution in [1.29, 1.82) is 0 Å². The number of piperazine rings is 1. The van der Waals surface area contributed by atoms with Gasteiger partial charge in [-0.3, -0.25) is 9.69 Å². The number of amides is 3. The lowest BCUT2D eigenvalue weighted by Crippen LogP contribution is -2.52. The number of benzene rings is 1. The third-order valence-electron chi connectivity index (χ3n) is 5.63. The molecule has 1 atom stereocenters. The minimum atomic E-state index is -0.0223. The molecule has 1 aliphatic heterocycles. The van der Waals surface area contributed by atoms with Crippen molar-refractivity contribution < 1.29 is 9.59 Å². The van der Waals surface area contributed by atoms with Crippen molar-refractivity contribution in [3.8, 4) is 0 Å². The van der Waals surface area contributed by atoms with E-state index < -0.39 is 0 Å². The molecule has 8 nitrogen and oxygen atoms in total. The van der Waals surface area contributed by atoms with Crippen LogP contribution < -0.4 is 5.32 Å². The predicted molar refractivity (Wildman–Crippen MR) is 114 cm³/mol. The Balaban J connectivity index is 1.64. The summed E-state index contributed by atoms with van der Waals surface area (Å²) in [6, 6.07) is 5.90. The van der Waals surface area contributed by atoms with Gasteiger partial charge >= 0.3 is 6.03 Å². The van der Waals surface area contributed by atoms with Gasteiger partial charge < -0.3 is 19.7 Å². The van der Waals surface area contributed by atoms with Crippen LogP contribution in [0.2, 0.25) is 0 Å². The molecule has 0 unspecified atom stereocenters. The average Bonchev–Trinajstić information content (AvgIpc) is 3.02. The van der Waals surface area contributed by atoms with Crippen LogP contribution >= 0.6 is 0 Å². The van der Waals surface area contributed by atoms with E-state index >= 15 is 0 Å². The third kappa shape index (κ3) is 4.70. The first-order valence-corrected chi connectivity index (χ1v) is 10.2. The van der Waals surface area contributed by atoms with Crippen LogP contribution in [-0.2, 0) is 13.6 Å². The highest BCUT2D eigenvalue weighted by Crippen LogP contribution is 2.19. The van der Waals surface area contributed by atoms with Gasteiger partial charge in [0.25, 0.3) is 5.91 Å². The number of hydrogen-bond donors (Lipinski definition) is 1. The fourth-order valence-electron chi connectivity index (χ4n) is 3.50. The number of hydrogen-bond acceptors (Lipinski definition) is 4. The Hall–Kier alpha value is -2.61. The maximum atomic E-state index is 12.3. The zero-order valence-corrected chi connectivity index (χ0v) is 18.1. The summed E-state index contributed by atoms with van der Waals surface area (Å²) in [5.74, 6) is 0.942. The van der Waals surface area contributed by atoms with Crippen LogP contribution in [0.25, 0.3) is 11.0 Å². The number of nitrogens with zero attached hydrogens (tertiary/aromatic N) is 5. The fourth-order valence-corrected chi connectivity index (χ4v) is 3.50. The number of nitrogens with one attached hydrogen (secondary N) is 1. The normalized spacial score (nSPS) is 16.1. The molecule has 3 amide bonds. The molecule has 1 aromatic heterocycles. The van der Waals surface area contributed by atoms with Gasteiger partial charge in [0.15, 0.2) is 0 Å². The molecule has 0 bridgehead atoms. The van der Waals surface area contributed by atoms with E-state index in [2.05, 4.69) is 21.7 Å². The summed E-state index contributed by atoms with van der Waals surface area (Å²) in [5, 5.41) is 3.03. The van der Waals surface area contributed by atoms with Crippen molar-refractivity contribution >= 4 is 23.0 Å². The predicted octanol–water partition coefficient (Wildman–Crippen LogP) is 1.90. The molecule has 0 aliphatic carbocycles. The lowest BCUT2D eigenvalue weighted by molar-refractivity contribution is 0.0827. The van der Waals surface area contributed by atoms with Gasteiger partial charge in [0.2, 0.25) is 0 Å². The molecule has 2 heterocycles. The van der Waals surface area contributed by atoms with E-state index in [-0.39, 0.29) is 18.0 Å². The maximum Gasteiger partial charge on any atom is 0.317 e. The van der Waals surface area contributed by atoms with Crippen molar-refractivity contribution in [2.75, 3.05) is 40.3 Å². The average molecular weight is 401 g/mol. The van der Waals surface area contributed by atoms with Gasteiger partial charge in [0, 0.05) is 58.9 Å². The molecule has 29 heavy (non-hydrogen) atoms. The van der Waals surface area contributed by atoms with Gasteiger partial charge in [-0.25, -0.2) is 9.78 Å². The van der Waals surface area contributed by atoms with E-state index in [1.165, 1.54) is 0 Å². The molecule has 0 radical (unpaired) electrons. The molecule has 158 valence electrons. The summed E-state index contributed by atoms with van der Waals surface area (Å²) in [5.41, 5.74) is 2.50. The Labute approximate surface area is 172 Å². The summed E-state index contributed by atoms with van der Waals surface area (Å²) >= 11 is 0. The number of urea groups is 1. The molecule has 0 spiro atoms.